The van der Waals surface area contributed by atoms with Crippen molar-refractivity contribution in [3.8, 4) is 5.75 Å². The second-order valence-electron chi connectivity index (χ2n) is 7.76. The molecule has 0 aliphatic carbocycles. The first-order valence-electron chi connectivity index (χ1n) is 10.8. The highest BCUT2D eigenvalue weighted by Crippen LogP contribution is 2.24. The van der Waals surface area contributed by atoms with Crippen molar-refractivity contribution in [2.24, 2.45) is 5.10 Å². The molecule has 0 fully saturated rings. The molecule has 4 aromatic carbocycles. The van der Waals surface area contributed by atoms with Gasteiger partial charge in [0.15, 0.2) is 6.61 Å². The lowest BCUT2D eigenvalue weighted by atomic mass is 10.0. The molecule has 0 saturated heterocycles. The van der Waals surface area contributed by atoms with Crippen LogP contribution in [0.1, 0.15) is 11.1 Å². The van der Waals surface area contributed by atoms with E-state index < -0.39 is 0 Å². The maximum atomic E-state index is 12.1. The van der Waals surface area contributed by atoms with Crippen molar-refractivity contribution in [2.45, 2.75) is 6.54 Å². The third-order valence-electron chi connectivity index (χ3n) is 5.55. The van der Waals surface area contributed by atoms with E-state index in [0.717, 1.165) is 23.0 Å². The average molecular weight is 434 g/mol. The van der Waals surface area contributed by atoms with Gasteiger partial charge >= 0.3 is 0 Å². The molecule has 0 bridgehead atoms. The molecule has 0 spiro atoms. The molecule has 0 radical (unpaired) electrons. The van der Waals surface area contributed by atoms with Crippen molar-refractivity contribution in [1.29, 1.82) is 0 Å². The Bertz CT molecular complexity index is 1430. The van der Waals surface area contributed by atoms with Gasteiger partial charge in [-0.3, -0.25) is 4.79 Å². The van der Waals surface area contributed by atoms with Crippen molar-refractivity contribution in [3.05, 3.63) is 114 Å². The van der Waals surface area contributed by atoms with Crippen LogP contribution in [-0.4, -0.2) is 23.3 Å². The number of amides is 1. The van der Waals surface area contributed by atoms with Gasteiger partial charge in [0, 0.05) is 29.2 Å². The SMILES string of the molecule is O=C(COc1ccccc1)N/N=C\c1cn(Cc2cccc3ccccc23)c2ccccc12. The maximum absolute atomic E-state index is 12.1. The molecule has 0 atom stereocenters. The molecule has 33 heavy (non-hydrogen) atoms. The van der Waals surface area contributed by atoms with E-state index >= 15 is 0 Å². The minimum Gasteiger partial charge on any atom is -0.484 e. The number of fused-ring (bicyclic) bond motifs is 2. The van der Waals surface area contributed by atoms with E-state index in [-0.39, 0.29) is 12.5 Å². The summed E-state index contributed by atoms with van der Waals surface area (Å²) in [5.74, 6) is 0.336. The van der Waals surface area contributed by atoms with Gasteiger partial charge in [0.25, 0.3) is 5.91 Å². The fourth-order valence-corrected chi connectivity index (χ4v) is 3.99. The minimum absolute atomic E-state index is 0.0931. The van der Waals surface area contributed by atoms with Crippen molar-refractivity contribution in [1.82, 2.24) is 9.99 Å². The second kappa shape index (κ2) is 9.40. The number of benzene rings is 4. The number of rotatable bonds is 7. The van der Waals surface area contributed by atoms with Gasteiger partial charge in [-0.1, -0.05) is 78.9 Å². The summed E-state index contributed by atoms with van der Waals surface area (Å²) in [6, 6.07) is 32.3. The predicted octanol–water partition coefficient (Wildman–Crippen LogP) is 5.37. The number of nitrogens with zero attached hydrogens (tertiary/aromatic N) is 2. The Hall–Kier alpha value is -4.38. The molecule has 1 N–H and O–H groups in total. The Morgan fingerprint density at radius 3 is 2.45 bits per heavy atom. The summed E-state index contributed by atoms with van der Waals surface area (Å²) in [6.45, 7) is 0.650. The molecule has 5 aromatic rings. The normalized spacial score (nSPS) is 11.3. The van der Waals surface area contributed by atoms with E-state index in [1.54, 1.807) is 18.3 Å². The standard InChI is InChI=1S/C28H23N3O2/c32-28(20-33-24-12-2-1-3-13-24)30-29-17-23-19-31(27-16-7-6-15-26(23)27)18-22-11-8-10-21-9-4-5-14-25(21)22/h1-17,19H,18,20H2,(H,30,32)/b29-17-. The summed E-state index contributed by atoms with van der Waals surface area (Å²) in [4.78, 5) is 12.1. The molecule has 0 aliphatic heterocycles. The van der Waals surface area contributed by atoms with E-state index in [9.17, 15) is 4.79 Å². The molecule has 5 rings (SSSR count). The van der Waals surface area contributed by atoms with Gasteiger partial charge in [0.1, 0.15) is 5.75 Å². The van der Waals surface area contributed by atoms with Crippen LogP contribution in [0, 0.1) is 0 Å². The summed E-state index contributed by atoms with van der Waals surface area (Å²) < 4.78 is 7.68. The lowest BCUT2D eigenvalue weighted by Crippen LogP contribution is -2.24. The third-order valence-corrected chi connectivity index (χ3v) is 5.55. The summed E-state index contributed by atoms with van der Waals surface area (Å²) in [5.41, 5.74) is 5.86. The van der Waals surface area contributed by atoms with Crippen LogP contribution in [0.5, 0.6) is 5.75 Å². The van der Waals surface area contributed by atoms with Crippen LogP contribution < -0.4 is 10.2 Å². The molecule has 1 amide bonds. The molecular formula is C28H23N3O2. The Morgan fingerprint density at radius 2 is 1.58 bits per heavy atom. The Morgan fingerprint density at radius 1 is 0.848 bits per heavy atom. The number of para-hydroxylation sites is 2. The van der Waals surface area contributed by atoms with E-state index in [1.807, 2.05) is 30.3 Å². The highest BCUT2D eigenvalue weighted by atomic mass is 16.5. The lowest BCUT2D eigenvalue weighted by molar-refractivity contribution is -0.123. The van der Waals surface area contributed by atoms with Crippen LogP contribution in [0.15, 0.2) is 108 Å². The largest absolute Gasteiger partial charge is 0.484 e. The van der Waals surface area contributed by atoms with Gasteiger partial charge in [-0.15, -0.1) is 0 Å². The number of nitrogens with one attached hydrogen (secondary N) is 1. The maximum Gasteiger partial charge on any atom is 0.277 e. The fourth-order valence-electron chi connectivity index (χ4n) is 3.99. The first-order chi connectivity index (χ1) is 16.3. The summed E-state index contributed by atoms with van der Waals surface area (Å²) in [7, 11) is 0. The zero-order chi connectivity index (χ0) is 22.5. The molecule has 1 aromatic heterocycles. The topological polar surface area (TPSA) is 55.6 Å². The first kappa shape index (κ1) is 20.5. The molecule has 1 heterocycles. The van der Waals surface area contributed by atoms with E-state index in [2.05, 4.69) is 75.9 Å². The van der Waals surface area contributed by atoms with Crippen LogP contribution in [0.2, 0.25) is 0 Å². The summed E-state index contributed by atoms with van der Waals surface area (Å²) >= 11 is 0. The molecule has 0 saturated carbocycles. The zero-order valence-electron chi connectivity index (χ0n) is 18.0. The number of hydrazone groups is 1. The smallest absolute Gasteiger partial charge is 0.277 e. The van der Waals surface area contributed by atoms with Crippen LogP contribution in [0.25, 0.3) is 21.7 Å². The van der Waals surface area contributed by atoms with Crippen LogP contribution in [0.3, 0.4) is 0 Å². The Balaban J connectivity index is 1.33. The third kappa shape index (κ3) is 4.62. The number of hydrogen-bond acceptors (Lipinski definition) is 3. The number of carbonyl (C=O) groups is 1. The molecule has 0 aliphatic rings. The van der Waals surface area contributed by atoms with E-state index in [4.69, 9.17) is 4.74 Å². The Labute approximate surface area is 191 Å². The van der Waals surface area contributed by atoms with E-state index in [1.165, 1.54) is 16.3 Å². The van der Waals surface area contributed by atoms with Gasteiger partial charge in [0.2, 0.25) is 0 Å². The highest BCUT2D eigenvalue weighted by molar-refractivity contribution is 6.00. The molecule has 0 unspecified atom stereocenters. The van der Waals surface area contributed by atoms with Crippen molar-refractivity contribution >= 4 is 33.8 Å². The summed E-state index contributed by atoms with van der Waals surface area (Å²) in [6.07, 6.45) is 3.75. The fraction of sp³-hybridized carbons (Fsp3) is 0.0714. The number of ether oxygens (including phenoxy) is 1. The van der Waals surface area contributed by atoms with Gasteiger partial charge in [-0.05, 0) is 34.5 Å². The second-order valence-corrected chi connectivity index (χ2v) is 7.76. The van der Waals surface area contributed by atoms with Crippen LogP contribution in [0.4, 0.5) is 0 Å². The Kier molecular flexibility index (Phi) is 5.85. The molecule has 162 valence electrons. The first-order valence-corrected chi connectivity index (χ1v) is 10.8. The van der Waals surface area contributed by atoms with Gasteiger partial charge in [-0.2, -0.15) is 5.10 Å². The lowest BCUT2D eigenvalue weighted by Gasteiger charge is -2.09. The van der Waals surface area contributed by atoms with Gasteiger partial charge in [0.05, 0.1) is 6.21 Å². The van der Waals surface area contributed by atoms with E-state index in [0.29, 0.717) is 5.75 Å². The highest BCUT2D eigenvalue weighted by Gasteiger charge is 2.09. The molecule has 5 nitrogen and oxygen atoms in total. The number of carbonyl (C=O) groups excluding carboxylic acids is 1. The van der Waals surface area contributed by atoms with Crippen molar-refractivity contribution in [2.75, 3.05) is 6.61 Å². The number of aromatic nitrogens is 1. The zero-order valence-corrected chi connectivity index (χ0v) is 18.0. The van der Waals surface area contributed by atoms with Crippen molar-refractivity contribution < 1.29 is 9.53 Å². The molecule has 5 heteroatoms. The van der Waals surface area contributed by atoms with Gasteiger partial charge < -0.3 is 9.30 Å². The quantitative estimate of drug-likeness (QED) is 0.277. The van der Waals surface area contributed by atoms with Crippen LogP contribution >= 0.6 is 0 Å². The monoisotopic (exact) mass is 433 g/mol. The predicted molar refractivity (Wildman–Crippen MR) is 133 cm³/mol. The van der Waals surface area contributed by atoms with Crippen LogP contribution in [-0.2, 0) is 11.3 Å². The van der Waals surface area contributed by atoms with Gasteiger partial charge in [-0.25, -0.2) is 5.43 Å². The number of hydrogen-bond donors (Lipinski definition) is 1. The minimum atomic E-state index is -0.311. The average Bonchev–Trinajstić information content (AvgIpc) is 3.21. The molecular weight excluding hydrogens is 410 g/mol. The van der Waals surface area contributed by atoms with Crippen molar-refractivity contribution in [3.63, 3.8) is 0 Å². The summed E-state index contributed by atoms with van der Waals surface area (Å²) in [5, 5.41) is 7.72.